The minimum Gasteiger partial charge on any atom is -0.512 e. The first-order valence-electron chi connectivity index (χ1n) is 10.3. The molecule has 6 heteroatoms. The van der Waals surface area contributed by atoms with E-state index < -0.39 is 0 Å². The van der Waals surface area contributed by atoms with Crippen LogP contribution in [0, 0.1) is 5.92 Å². The molecule has 6 unspecified atom stereocenters. The SMILES string of the molecule is CCC1=C(O)CC(O)=C(C2NNC(C)C2C2NC3CCCCC3N2C)C1. The Morgan fingerprint density at radius 1 is 1.08 bits per heavy atom. The molecule has 6 nitrogen and oxygen atoms in total. The molecule has 3 fully saturated rings. The zero-order valence-electron chi connectivity index (χ0n) is 16.3. The summed E-state index contributed by atoms with van der Waals surface area (Å²) < 4.78 is 0. The number of fused-ring (bicyclic) bond motifs is 1. The van der Waals surface area contributed by atoms with Gasteiger partial charge >= 0.3 is 0 Å². The van der Waals surface area contributed by atoms with E-state index in [0.717, 1.165) is 17.6 Å². The molecule has 0 aromatic heterocycles. The maximum Gasteiger partial charge on any atom is 0.101 e. The van der Waals surface area contributed by atoms with Crippen LogP contribution in [0.5, 0.6) is 0 Å². The second kappa shape index (κ2) is 7.15. The van der Waals surface area contributed by atoms with Crippen LogP contribution in [-0.4, -0.2) is 52.5 Å². The van der Waals surface area contributed by atoms with Crippen LogP contribution in [0.1, 0.15) is 58.8 Å². The van der Waals surface area contributed by atoms with Crippen molar-refractivity contribution in [3.8, 4) is 0 Å². The number of nitrogens with zero attached hydrogens (tertiary/aromatic N) is 1. The Balaban J connectivity index is 1.58. The first-order chi connectivity index (χ1) is 12.5. The van der Waals surface area contributed by atoms with E-state index in [1.165, 1.54) is 25.7 Å². The van der Waals surface area contributed by atoms with Gasteiger partial charge in [0.05, 0.1) is 24.4 Å². The molecule has 4 aliphatic rings. The number of nitrogens with one attached hydrogen (secondary N) is 3. The molecule has 0 amide bonds. The van der Waals surface area contributed by atoms with Crippen LogP contribution in [-0.2, 0) is 0 Å². The highest BCUT2D eigenvalue weighted by molar-refractivity contribution is 5.33. The average molecular weight is 363 g/mol. The van der Waals surface area contributed by atoms with Gasteiger partial charge in [-0.25, -0.2) is 5.43 Å². The number of hydrogen-bond donors (Lipinski definition) is 5. The van der Waals surface area contributed by atoms with E-state index in [9.17, 15) is 10.2 Å². The number of likely N-dealkylation sites (N-methyl/N-ethyl adjacent to an activating group) is 1. The summed E-state index contributed by atoms with van der Waals surface area (Å²) in [4.78, 5) is 2.54. The summed E-state index contributed by atoms with van der Waals surface area (Å²) in [6.45, 7) is 4.30. The van der Waals surface area contributed by atoms with Gasteiger partial charge in [0, 0.05) is 24.0 Å². The van der Waals surface area contributed by atoms with Crippen molar-refractivity contribution in [2.45, 2.75) is 89.1 Å². The standard InChI is InChI=1S/C20H34N4O2/c1-4-12-9-13(17(26)10-16(12)25)19-18(11(2)22-23-19)20-21-14-7-5-6-8-15(14)24(20)3/h11,14-15,18-23,25-26H,4-10H2,1-3H3. The van der Waals surface area contributed by atoms with E-state index in [4.69, 9.17) is 0 Å². The third-order valence-electron chi connectivity index (χ3n) is 7.19. The van der Waals surface area contributed by atoms with Crippen LogP contribution in [0.4, 0.5) is 0 Å². The Labute approximate surface area is 156 Å². The van der Waals surface area contributed by atoms with Crippen molar-refractivity contribution in [1.82, 2.24) is 21.1 Å². The van der Waals surface area contributed by atoms with Gasteiger partial charge in [0.2, 0.25) is 0 Å². The number of rotatable bonds is 3. The molecule has 26 heavy (non-hydrogen) atoms. The molecule has 5 N–H and O–H groups in total. The van der Waals surface area contributed by atoms with Gasteiger partial charge in [-0.2, -0.15) is 0 Å². The normalized spacial score (nSPS) is 41.8. The van der Waals surface area contributed by atoms with Crippen molar-refractivity contribution in [3.63, 3.8) is 0 Å². The molecule has 6 atom stereocenters. The molecule has 2 aliphatic heterocycles. The molecule has 146 valence electrons. The van der Waals surface area contributed by atoms with Crippen molar-refractivity contribution in [2.75, 3.05) is 7.05 Å². The number of allylic oxidation sites excluding steroid dienone is 1. The van der Waals surface area contributed by atoms with E-state index >= 15 is 0 Å². The fraction of sp³-hybridized carbons (Fsp3) is 0.800. The molecule has 0 aromatic carbocycles. The number of hydrogen-bond acceptors (Lipinski definition) is 6. The molecule has 2 aliphatic carbocycles. The lowest BCUT2D eigenvalue weighted by molar-refractivity contribution is 0.147. The fourth-order valence-electron chi connectivity index (χ4n) is 5.65. The van der Waals surface area contributed by atoms with Crippen molar-refractivity contribution < 1.29 is 10.2 Å². The summed E-state index contributed by atoms with van der Waals surface area (Å²) in [7, 11) is 2.26. The first-order valence-corrected chi connectivity index (χ1v) is 10.3. The molecule has 0 aromatic rings. The Kier molecular flexibility index (Phi) is 5.03. The highest BCUT2D eigenvalue weighted by Gasteiger charge is 2.49. The van der Waals surface area contributed by atoms with Crippen LogP contribution in [0.25, 0.3) is 0 Å². The first kappa shape index (κ1) is 18.3. The smallest absolute Gasteiger partial charge is 0.101 e. The van der Waals surface area contributed by atoms with E-state index in [-0.39, 0.29) is 12.5 Å². The van der Waals surface area contributed by atoms with Gasteiger partial charge in [-0.1, -0.05) is 19.8 Å². The van der Waals surface area contributed by atoms with Gasteiger partial charge < -0.3 is 10.2 Å². The van der Waals surface area contributed by atoms with Gasteiger partial charge in [-0.15, -0.1) is 0 Å². The monoisotopic (exact) mass is 362 g/mol. The summed E-state index contributed by atoms with van der Waals surface area (Å²) in [6, 6.07) is 1.62. The third-order valence-corrected chi connectivity index (χ3v) is 7.19. The molecule has 2 heterocycles. The van der Waals surface area contributed by atoms with E-state index in [1.54, 1.807) is 0 Å². The highest BCUT2D eigenvalue weighted by atomic mass is 16.3. The lowest BCUT2D eigenvalue weighted by atomic mass is 9.81. The van der Waals surface area contributed by atoms with Crippen LogP contribution < -0.4 is 16.2 Å². The number of hydrazine groups is 1. The summed E-state index contributed by atoms with van der Waals surface area (Å²) in [5, 5.41) is 24.7. The van der Waals surface area contributed by atoms with Gasteiger partial charge in [-0.05, 0) is 50.8 Å². The maximum absolute atomic E-state index is 10.6. The van der Waals surface area contributed by atoms with Gasteiger partial charge in [0.1, 0.15) is 5.76 Å². The van der Waals surface area contributed by atoms with Crippen molar-refractivity contribution in [3.05, 3.63) is 22.7 Å². The largest absolute Gasteiger partial charge is 0.512 e. The van der Waals surface area contributed by atoms with Gasteiger partial charge in [-0.3, -0.25) is 15.6 Å². The zero-order valence-corrected chi connectivity index (χ0v) is 16.3. The molecule has 1 saturated carbocycles. The second-order valence-corrected chi connectivity index (χ2v) is 8.60. The molecular weight excluding hydrogens is 328 g/mol. The minimum absolute atomic E-state index is 0.0831. The van der Waals surface area contributed by atoms with Gasteiger partial charge in [0.25, 0.3) is 0 Å². The quantitative estimate of drug-likeness (QED) is 0.531. The van der Waals surface area contributed by atoms with Crippen molar-refractivity contribution in [1.29, 1.82) is 0 Å². The third kappa shape index (κ3) is 2.97. The van der Waals surface area contributed by atoms with Crippen LogP contribution in [0.15, 0.2) is 22.7 Å². The Bertz CT molecular complexity index is 617. The molecule has 2 saturated heterocycles. The molecule has 0 radical (unpaired) electrons. The van der Waals surface area contributed by atoms with E-state index in [0.29, 0.717) is 48.1 Å². The average Bonchev–Trinajstić information content (AvgIpc) is 3.15. The molecule has 4 rings (SSSR count). The predicted molar refractivity (Wildman–Crippen MR) is 103 cm³/mol. The summed E-state index contributed by atoms with van der Waals surface area (Å²) >= 11 is 0. The van der Waals surface area contributed by atoms with E-state index in [1.807, 2.05) is 0 Å². The highest BCUT2D eigenvalue weighted by Crippen LogP contribution is 2.39. The zero-order chi connectivity index (χ0) is 18.4. The molecule has 0 bridgehead atoms. The van der Waals surface area contributed by atoms with E-state index in [2.05, 4.69) is 42.0 Å². The van der Waals surface area contributed by atoms with Crippen molar-refractivity contribution in [2.24, 2.45) is 5.92 Å². The Hall–Kier alpha value is -1.08. The van der Waals surface area contributed by atoms with Gasteiger partial charge in [0.15, 0.2) is 0 Å². The summed E-state index contributed by atoms with van der Waals surface area (Å²) in [6.07, 6.45) is 7.27. The Morgan fingerprint density at radius 2 is 1.85 bits per heavy atom. The predicted octanol–water partition coefficient (Wildman–Crippen LogP) is 2.47. The lowest BCUT2D eigenvalue weighted by Gasteiger charge is -2.35. The molecule has 0 spiro atoms. The van der Waals surface area contributed by atoms with Crippen LogP contribution >= 0.6 is 0 Å². The maximum atomic E-state index is 10.6. The number of aliphatic hydroxyl groups excluding tert-OH is 2. The Morgan fingerprint density at radius 3 is 2.58 bits per heavy atom. The topological polar surface area (TPSA) is 79.8 Å². The minimum atomic E-state index is 0.0831. The van der Waals surface area contributed by atoms with Crippen LogP contribution in [0.2, 0.25) is 0 Å². The lowest BCUT2D eigenvalue weighted by Crippen LogP contribution is -2.50. The fourth-order valence-corrected chi connectivity index (χ4v) is 5.65. The van der Waals surface area contributed by atoms with Crippen molar-refractivity contribution >= 4 is 0 Å². The second-order valence-electron chi connectivity index (χ2n) is 8.60. The molecular formula is C20H34N4O2. The van der Waals surface area contributed by atoms with Crippen LogP contribution in [0.3, 0.4) is 0 Å². The summed E-state index contributed by atoms with van der Waals surface area (Å²) in [5.41, 5.74) is 8.98. The summed E-state index contributed by atoms with van der Waals surface area (Å²) in [5.74, 6) is 1.03. The number of aliphatic hydroxyl groups is 2.